The van der Waals surface area contributed by atoms with E-state index in [2.05, 4.69) is 22.1 Å². The van der Waals surface area contributed by atoms with Crippen LogP contribution >= 0.6 is 12.2 Å². The van der Waals surface area contributed by atoms with E-state index >= 15 is 0 Å². The van der Waals surface area contributed by atoms with Gasteiger partial charge in [-0.15, -0.1) is 0 Å². The Kier molecular flexibility index (Phi) is 5.07. The van der Waals surface area contributed by atoms with Gasteiger partial charge in [0.15, 0.2) is 5.11 Å². The van der Waals surface area contributed by atoms with Gasteiger partial charge in [-0.25, -0.2) is 4.79 Å². The molecule has 4 rings (SSSR count). The van der Waals surface area contributed by atoms with Gasteiger partial charge in [-0.3, -0.25) is 4.98 Å². The summed E-state index contributed by atoms with van der Waals surface area (Å²) in [6.45, 7) is 4.67. The van der Waals surface area contributed by atoms with Crippen molar-refractivity contribution in [3.8, 4) is 11.3 Å². The summed E-state index contributed by atoms with van der Waals surface area (Å²) in [5, 5.41) is 13.2. The van der Waals surface area contributed by atoms with E-state index < -0.39 is 5.97 Å². The standard InChI is InChI=1S/C22H21N3O3S/c1-3-25-20(19(24-22(25)29)16-6-4-5-11-23-16)18-10-9-17(28-18)15-8-7-14(21(26)27)12-13(15)2/h4-12,19-20H,3H2,1-2H3,(H,24,29)(H,26,27)/t19-,20+/m1/s1. The zero-order chi connectivity index (χ0) is 20.5. The summed E-state index contributed by atoms with van der Waals surface area (Å²) < 4.78 is 6.25. The highest BCUT2D eigenvalue weighted by Crippen LogP contribution is 2.40. The number of carbonyl (C=O) groups is 1. The fourth-order valence-corrected chi connectivity index (χ4v) is 4.15. The van der Waals surface area contributed by atoms with Gasteiger partial charge in [0.1, 0.15) is 17.6 Å². The van der Waals surface area contributed by atoms with Crippen molar-refractivity contribution in [1.82, 2.24) is 15.2 Å². The number of rotatable bonds is 5. The van der Waals surface area contributed by atoms with Gasteiger partial charge >= 0.3 is 5.97 Å². The highest BCUT2D eigenvalue weighted by Gasteiger charge is 2.40. The maximum atomic E-state index is 11.2. The number of carboxylic acid groups (broad SMARTS) is 1. The van der Waals surface area contributed by atoms with Crippen LogP contribution in [0.2, 0.25) is 0 Å². The molecule has 29 heavy (non-hydrogen) atoms. The Bertz CT molecular complexity index is 1060. The second-order valence-electron chi connectivity index (χ2n) is 6.95. The van der Waals surface area contributed by atoms with Crippen LogP contribution in [0, 0.1) is 6.92 Å². The average molecular weight is 407 g/mol. The molecule has 2 N–H and O–H groups in total. The molecule has 0 unspecified atom stereocenters. The van der Waals surface area contributed by atoms with Gasteiger partial charge in [-0.2, -0.15) is 0 Å². The summed E-state index contributed by atoms with van der Waals surface area (Å²) in [6, 6.07) is 14.5. The van der Waals surface area contributed by atoms with E-state index in [-0.39, 0.29) is 17.6 Å². The molecule has 0 saturated carbocycles. The largest absolute Gasteiger partial charge is 0.478 e. The monoisotopic (exact) mass is 407 g/mol. The second kappa shape index (κ2) is 7.67. The topological polar surface area (TPSA) is 78.6 Å². The lowest BCUT2D eigenvalue weighted by Gasteiger charge is -2.24. The van der Waals surface area contributed by atoms with Crippen LogP contribution in [0.25, 0.3) is 11.3 Å². The maximum absolute atomic E-state index is 11.2. The lowest BCUT2D eigenvalue weighted by molar-refractivity contribution is 0.0697. The van der Waals surface area contributed by atoms with E-state index in [1.807, 2.05) is 37.3 Å². The van der Waals surface area contributed by atoms with E-state index in [4.69, 9.17) is 16.6 Å². The van der Waals surface area contributed by atoms with Gasteiger partial charge in [0.2, 0.25) is 0 Å². The molecule has 148 valence electrons. The summed E-state index contributed by atoms with van der Waals surface area (Å²) in [5.41, 5.74) is 2.87. The van der Waals surface area contributed by atoms with Crippen molar-refractivity contribution in [3.63, 3.8) is 0 Å². The number of furan rings is 1. The number of nitrogens with zero attached hydrogens (tertiary/aromatic N) is 2. The van der Waals surface area contributed by atoms with Crippen molar-refractivity contribution >= 4 is 23.3 Å². The fourth-order valence-electron chi connectivity index (χ4n) is 3.78. The molecule has 0 spiro atoms. The quantitative estimate of drug-likeness (QED) is 0.609. The predicted octanol–water partition coefficient (Wildman–Crippen LogP) is 4.34. The predicted molar refractivity (Wildman–Crippen MR) is 114 cm³/mol. The Morgan fingerprint density at radius 1 is 1.28 bits per heavy atom. The molecule has 0 bridgehead atoms. The summed E-state index contributed by atoms with van der Waals surface area (Å²) in [7, 11) is 0. The Labute approximate surface area is 174 Å². The van der Waals surface area contributed by atoms with E-state index in [1.165, 1.54) is 0 Å². The molecule has 0 radical (unpaired) electrons. The van der Waals surface area contributed by atoms with E-state index in [1.54, 1.807) is 24.4 Å². The number of thiocarbonyl (C=S) groups is 1. The first-order valence-corrected chi connectivity index (χ1v) is 9.82. The van der Waals surface area contributed by atoms with Crippen molar-refractivity contribution in [2.24, 2.45) is 0 Å². The van der Waals surface area contributed by atoms with Crippen LogP contribution in [-0.4, -0.2) is 32.6 Å². The summed E-state index contributed by atoms with van der Waals surface area (Å²) in [6.07, 6.45) is 1.77. The molecule has 2 atom stereocenters. The third-order valence-electron chi connectivity index (χ3n) is 5.20. The van der Waals surface area contributed by atoms with Crippen molar-refractivity contribution in [2.45, 2.75) is 25.9 Å². The first-order valence-electron chi connectivity index (χ1n) is 9.41. The van der Waals surface area contributed by atoms with Crippen molar-refractivity contribution in [3.05, 3.63) is 77.3 Å². The molecule has 1 saturated heterocycles. The molecule has 0 amide bonds. The highest BCUT2D eigenvalue weighted by molar-refractivity contribution is 7.80. The number of aromatic carboxylic acids is 1. The molecule has 2 aromatic heterocycles. The highest BCUT2D eigenvalue weighted by atomic mass is 32.1. The van der Waals surface area contributed by atoms with E-state index in [0.717, 1.165) is 29.1 Å². The number of carboxylic acids is 1. The molecular formula is C22H21N3O3S. The van der Waals surface area contributed by atoms with Crippen LogP contribution in [0.15, 0.2) is 59.1 Å². The number of pyridine rings is 1. The number of aryl methyl sites for hydroxylation is 1. The van der Waals surface area contributed by atoms with Crippen LogP contribution < -0.4 is 5.32 Å². The molecular weight excluding hydrogens is 386 g/mol. The lowest BCUT2D eigenvalue weighted by Crippen LogP contribution is -2.29. The third kappa shape index (κ3) is 3.49. The van der Waals surface area contributed by atoms with Gasteiger partial charge in [0.25, 0.3) is 0 Å². The molecule has 6 nitrogen and oxygen atoms in total. The Morgan fingerprint density at radius 3 is 2.76 bits per heavy atom. The zero-order valence-corrected chi connectivity index (χ0v) is 16.9. The molecule has 3 aromatic rings. The van der Waals surface area contributed by atoms with E-state index in [0.29, 0.717) is 10.9 Å². The molecule has 0 aliphatic carbocycles. The number of hydrogen-bond acceptors (Lipinski definition) is 4. The van der Waals surface area contributed by atoms with Gasteiger partial charge in [0, 0.05) is 18.3 Å². The zero-order valence-electron chi connectivity index (χ0n) is 16.1. The molecule has 3 heterocycles. The Balaban J connectivity index is 1.71. The molecule has 1 aliphatic rings. The van der Waals surface area contributed by atoms with Gasteiger partial charge in [-0.05, 0) is 68.0 Å². The maximum Gasteiger partial charge on any atom is 0.335 e. The number of aromatic nitrogens is 1. The van der Waals surface area contributed by atoms with Gasteiger partial charge in [0.05, 0.1) is 17.3 Å². The summed E-state index contributed by atoms with van der Waals surface area (Å²) in [4.78, 5) is 17.8. The minimum Gasteiger partial charge on any atom is -0.478 e. The van der Waals surface area contributed by atoms with Crippen LogP contribution in [0.5, 0.6) is 0 Å². The number of nitrogens with one attached hydrogen (secondary N) is 1. The number of benzene rings is 1. The van der Waals surface area contributed by atoms with Gasteiger partial charge < -0.3 is 19.7 Å². The minimum atomic E-state index is -0.942. The van der Waals surface area contributed by atoms with Crippen LogP contribution in [0.1, 0.15) is 46.4 Å². The lowest BCUT2D eigenvalue weighted by atomic mass is 10.0. The Hall–Kier alpha value is -3.19. The fraction of sp³-hybridized carbons (Fsp3) is 0.227. The summed E-state index contributed by atoms with van der Waals surface area (Å²) in [5.74, 6) is 0.539. The minimum absolute atomic E-state index is 0.113. The SMILES string of the molecule is CCN1C(=S)N[C@H](c2ccccn2)[C@@H]1c1ccc(-c2ccc(C(=O)O)cc2C)o1. The molecule has 1 aliphatic heterocycles. The third-order valence-corrected chi connectivity index (χ3v) is 5.55. The first-order chi connectivity index (χ1) is 14.0. The summed E-state index contributed by atoms with van der Waals surface area (Å²) >= 11 is 5.54. The van der Waals surface area contributed by atoms with Crippen molar-refractivity contribution in [2.75, 3.05) is 6.54 Å². The van der Waals surface area contributed by atoms with E-state index in [9.17, 15) is 9.90 Å². The Morgan fingerprint density at radius 2 is 2.10 bits per heavy atom. The average Bonchev–Trinajstić information content (AvgIpc) is 3.32. The molecule has 7 heteroatoms. The van der Waals surface area contributed by atoms with Crippen molar-refractivity contribution < 1.29 is 14.3 Å². The normalized spacial score (nSPS) is 18.7. The molecule has 1 aromatic carbocycles. The van der Waals surface area contributed by atoms with Crippen LogP contribution in [-0.2, 0) is 0 Å². The number of likely N-dealkylation sites (N-methyl/N-ethyl adjacent to an activating group) is 1. The first kappa shape index (κ1) is 19.1. The van der Waals surface area contributed by atoms with Crippen molar-refractivity contribution in [1.29, 1.82) is 0 Å². The molecule has 1 fully saturated rings. The second-order valence-corrected chi connectivity index (χ2v) is 7.34. The smallest absolute Gasteiger partial charge is 0.335 e. The van der Waals surface area contributed by atoms with Crippen LogP contribution in [0.4, 0.5) is 0 Å². The van der Waals surface area contributed by atoms with Crippen LogP contribution in [0.3, 0.4) is 0 Å². The number of hydrogen-bond donors (Lipinski definition) is 2. The van der Waals surface area contributed by atoms with Gasteiger partial charge in [-0.1, -0.05) is 12.1 Å².